The number of hydrogen-bond donors (Lipinski definition) is 16. The second-order valence-electron chi connectivity index (χ2n) is 21.2. The Hall–Kier alpha value is -7.34. The number of aromatic hydroxyl groups is 4. The molecule has 19 atom stereocenters. The van der Waals surface area contributed by atoms with Crippen LogP contribution in [0, 0.1) is 0 Å². The van der Waals surface area contributed by atoms with Crippen molar-refractivity contribution in [3.05, 3.63) is 160 Å². The molecule has 24 nitrogen and oxygen atoms in total. The van der Waals surface area contributed by atoms with Gasteiger partial charge in [0, 0.05) is 17.2 Å². The molecular weight excluding hydrogens is 1100 g/mol. The summed E-state index contributed by atoms with van der Waals surface area (Å²) in [7, 11) is 0. The SMILES string of the molecule is OC[C@H]1O[C@@H](Oc2ccc(/C=C/c3cc(O)c4c(c3)OC(c3ccc(OC5O[C@H](CO)[C@@H](O)[C@H](O)[C@H]5O)cc3)C4c3cc(O)c4c(c3)OC(c3ccc(OC5O[C@H](CO)[C@@H](O)[C@H](O)[C@H]5O)cc3)C4c3cc(O)cc(O)c3)cc2)[C@H](O)[C@@H](O)[C@@H]1O. The molecule has 0 aromatic heterocycles. The van der Waals surface area contributed by atoms with E-state index in [9.17, 15) is 81.7 Å². The van der Waals surface area contributed by atoms with Gasteiger partial charge in [0.05, 0.1) is 31.7 Å². The minimum Gasteiger partial charge on any atom is -0.508 e. The number of rotatable bonds is 15. The van der Waals surface area contributed by atoms with Crippen LogP contribution >= 0.6 is 0 Å². The summed E-state index contributed by atoms with van der Waals surface area (Å²) in [4.78, 5) is 0. The van der Waals surface area contributed by atoms with E-state index in [1.165, 1.54) is 48.5 Å². The summed E-state index contributed by atoms with van der Waals surface area (Å²) in [6, 6.07) is 29.6. The van der Waals surface area contributed by atoms with Crippen LogP contribution in [0.1, 0.15) is 68.6 Å². The van der Waals surface area contributed by atoms with Crippen molar-refractivity contribution in [2.24, 2.45) is 0 Å². The molecule has 0 spiro atoms. The van der Waals surface area contributed by atoms with Gasteiger partial charge in [0.25, 0.3) is 0 Å². The van der Waals surface area contributed by atoms with Crippen LogP contribution in [0.3, 0.4) is 0 Å². The van der Waals surface area contributed by atoms with E-state index in [4.69, 9.17) is 37.9 Å². The van der Waals surface area contributed by atoms with E-state index in [2.05, 4.69) is 0 Å². The smallest absolute Gasteiger partial charge is 0.229 e. The topological polar surface area (TPSA) is 398 Å². The monoisotopic (exact) mass is 1170 g/mol. The predicted molar refractivity (Wildman–Crippen MR) is 288 cm³/mol. The lowest BCUT2D eigenvalue weighted by Gasteiger charge is -2.39. The Balaban J connectivity index is 0.913. The second kappa shape index (κ2) is 24.0. The van der Waals surface area contributed by atoms with Gasteiger partial charge in [-0.25, -0.2) is 0 Å². The molecular formula is C60H62O24. The van der Waals surface area contributed by atoms with Crippen LogP contribution in [0.2, 0.25) is 0 Å². The van der Waals surface area contributed by atoms with Gasteiger partial charge in [0.15, 0.2) is 0 Å². The highest BCUT2D eigenvalue weighted by molar-refractivity contribution is 5.73. The van der Waals surface area contributed by atoms with Crippen LogP contribution in [0.5, 0.6) is 51.7 Å². The molecule has 0 amide bonds. The lowest BCUT2D eigenvalue weighted by Crippen LogP contribution is -2.60. The molecule has 6 aromatic rings. The quantitative estimate of drug-likeness (QED) is 0.0631. The van der Waals surface area contributed by atoms with Gasteiger partial charge in [-0.3, -0.25) is 0 Å². The lowest BCUT2D eigenvalue weighted by atomic mass is 9.81. The van der Waals surface area contributed by atoms with Gasteiger partial charge in [-0.2, -0.15) is 0 Å². The molecule has 3 saturated heterocycles. The molecule has 0 saturated carbocycles. The Morgan fingerprint density at radius 3 is 1.12 bits per heavy atom. The Morgan fingerprint density at radius 2 is 0.714 bits per heavy atom. The number of phenols is 4. The lowest BCUT2D eigenvalue weighted by molar-refractivity contribution is -0.277. The van der Waals surface area contributed by atoms with Crippen LogP contribution < -0.4 is 23.7 Å². The molecule has 84 heavy (non-hydrogen) atoms. The highest BCUT2D eigenvalue weighted by Gasteiger charge is 2.49. The number of aliphatic hydroxyl groups is 12. The summed E-state index contributed by atoms with van der Waals surface area (Å²) in [5.41, 5.74) is 3.57. The van der Waals surface area contributed by atoms with E-state index in [0.29, 0.717) is 38.9 Å². The van der Waals surface area contributed by atoms with Crippen molar-refractivity contribution < 1.29 is 120 Å². The first-order valence-corrected chi connectivity index (χ1v) is 26.8. The summed E-state index contributed by atoms with van der Waals surface area (Å²) >= 11 is 0. The molecule has 6 unspecified atom stereocenters. The third-order valence-corrected chi connectivity index (χ3v) is 15.7. The third-order valence-electron chi connectivity index (χ3n) is 15.7. The van der Waals surface area contributed by atoms with Crippen molar-refractivity contribution in [1.82, 2.24) is 0 Å². The Labute approximate surface area is 477 Å². The first-order valence-electron chi connectivity index (χ1n) is 26.8. The fraction of sp³-hybridized carbons (Fsp3) is 0.367. The highest BCUT2D eigenvalue weighted by Crippen LogP contribution is 2.59. The summed E-state index contributed by atoms with van der Waals surface area (Å²) < 4.78 is 47.5. The minimum absolute atomic E-state index is 0.157. The molecule has 11 rings (SSSR count). The summed E-state index contributed by atoms with van der Waals surface area (Å²) in [6.07, 6.45) is -21.1. The van der Waals surface area contributed by atoms with Gasteiger partial charge in [-0.15, -0.1) is 0 Å². The van der Waals surface area contributed by atoms with Gasteiger partial charge in [0.1, 0.15) is 137 Å². The van der Waals surface area contributed by atoms with E-state index >= 15 is 0 Å². The summed E-state index contributed by atoms with van der Waals surface area (Å²) in [5.74, 6) is -1.76. The fourth-order valence-corrected chi connectivity index (χ4v) is 11.3. The van der Waals surface area contributed by atoms with Gasteiger partial charge in [-0.1, -0.05) is 48.6 Å². The van der Waals surface area contributed by atoms with Crippen LogP contribution in [0.4, 0.5) is 0 Å². The molecule has 5 heterocycles. The third kappa shape index (κ3) is 11.3. The zero-order valence-electron chi connectivity index (χ0n) is 44.1. The van der Waals surface area contributed by atoms with Crippen molar-refractivity contribution in [2.75, 3.05) is 19.8 Å². The number of aliphatic hydroxyl groups excluding tert-OH is 12. The molecule has 0 radical (unpaired) electrons. The zero-order chi connectivity index (χ0) is 59.4. The standard InChI is InChI=1S/C60H62O24/c61-22-40-47(68)50(71)53(74)58(82-40)77-33-9-3-25(4-10-33)1-2-26-15-36(66)45-38(16-26)80-57(28-7-13-35(14-8-28)79-60-55(76)52(73)49(70)42(24-63)84-60)44(45)30-19-37(67)46-39(20-30)81-56(43(46)29-17-31(64)21-32(65)18-29)27-5-11-34(12-6-27)78-59-54(75)51(72)48(69)41(23-62)83-59/h1-21,40-44,47-76H,22-24H2/b2-1+/t40-,41-,42-,43?,44?,47-,48-,49-,50+,51+,52+,53-,54-,55-,56?,57?,58-,59?,60?/m1/s1. The first kappa shape index (κ1) is 58.4. The molecule has 0 bridgehead atoms. The van der Waals surface area contributed by atoms with Crippen molar-refractivity contribution in [3.8, 4) is 51.7 Å². The first-order chi connectivity index (χ1) is 40.3. The second-order valence-corrected chi connectivity index (χ2v) is 21.2. The van der Waals surface area contributed by atoms with E-state index in [0.717, 1.165) is 6.07 Å². The van der Waals surface area contributed by atoms with Crippen molar-refractivity contribution in [2.45, 2.75) is 116 Å². The molecule has 3 fully saturated rings. The van der Waals surface area contributed by atoms with Crippen LogP contribution in [-0.4, -0.2) is 194 Å². The minimum atomic E-state index is -1.69. The van der Waals surface area contributed by atoms with Crippen molar-refractivity contribution in [3.63, 3.8) is 0 Å². The van der Waals surface area contributed by atoms with E-state index in [-0.39, 0.29) is 57.3 Å². The molecule has 0 aliphatic carbocycles. The maximum absolute atomic E-state index is 12.3. The van der Waals surface area contributed by atoms with E-state index in [1.807, 2.05) is 0 Å². The van der Waals surface area contributed by atoms with Crippen LogP contribution in [0.25, 0.3) is 12.2 Å². The van der Waals surface area contributed by atoms with Crippen LogP contribution in [-0.2, 0) is 14.2 Å². The average molecular weight is 1170 g/mol. The Bertz CT molecular complexity index is 3280. The molecule has 5 aliphatic heterocycles. The van der Waals surface area contributed by atoms with Gasteiger partial charge in [0.2, 0.25) is 18.9 Å². The van der Waals surface area contributed by atoms with Crippen molar-refractivity contribution in [1.29, 1.82) is 0 Å². The Kier molecular flexibility index (Phi) is 16.7. The van der Waals surface area contributed by atoms with Crippen molar-refractivity contribution >= 4 is 12.2 Å². The Morgan fingerprint density at radius 1 is 0.357 bits per heavy atom. The fourth-order valence-electron chi connectivity index (χ4n) is 11.3. The molecule has 446 valence electrons. The highest BCUT2D eigenvalue weighted by atomic mass is 16.7. The number of fused-ring (bicyclic) bond motifs is 2. The molecule has 5 aliphatic rings. The average Bonchev–Trinajstić information content (AvgIpc) is 2.81. The number of ether oxygens (including phenoxy) is 8. The van der Waals surface area contributed by atoms with E-state index in [1.54, 1.807) is 72.8 Å². The predicted octanol–water partition coefficient (Wildman–Crippen LogP) is 0.747. The van der Waals surface area contributed by atoms with Crippen LogP contribution in [0.15, 0.2) is 115 Å². The molecule has 16 N–H and O–H groups in total. The maximum atomic E-state index is 12.3. The van der Waals surface area contributed by atoms with Gasteiger partial charge in [-0.05, 0) is 106 Å². The number of phenolic OH excluding ortho intramolecular Hbond substituents is 4. The number of hydrogen-bond acceptors (Lipinski definition) is 24. The summed E-state index contributed by atoms with van der Waals surface area (Å²) in [5, 5.41) is 168. The zero-order valence-corrected chi connectivity index (χ0v) is 44.1. The van der Waals surface area contributed by atoms with Gasteiger partial charge >= 0.3 is 0 Å². The van der Waals surface area contributed by atoms with E-state index < -0.39 is 136 Å². The van der Waals surface area contributed by atoms with Gasteiger partial charge < -0.3 is 120 Å². The largest absolute Gasteiger partial charge is 0.508 e. The maximum Gasteiger partial charge on any atom is 0.229 e. The molecule has 24 heteroatoms. The normalized spacial score (nSPS) is 32.7. The number of benzene rings is 6. The summed E-state index contributed by atoms with van der Waals surface area (Å²) in [6.45, 7) is -1.96. The molecule has 6 aromatic carbocycles.